The van der Waals surface area contributed by atoms with Gasteiger partial charge in [0.1, 0.15) is 11.7 Å². The summed E-state index contributed by atoms with van der Waals surface area (Å²) in [5.41, 5.74) is 9.15. The van der Waals surface area contributed by atoms with Crippen LogP contribution >= 0.6 is 0 Å². The van der Waals surface area contributed by atoms with E-state index in [-0.39, 0.29) is 11.7 Å². The molecule has 0 aliphatic carbocycles. The topological polar surface area (TPSA) is 53.1 Å². The second-order valence-corrected chi connectivity index (χ2v) is 4.92. The molecule has 2 rings (SSSR count). The second kappa shape index (κ2) is 5.74. The SMILES string of the molecule is Cc1ccc(C(=N)N)c(N(C)Cc2cccc(F)c2)c1. The van der Waals surface area contributed by atoms with Crippen molar-refractivity contribution in [1.29, 1.82) is 5.41 Å². The fourth-order valence-electron chi connectivity index (χ4n) is 2.18. The zero-order chi connectivity index (χ0) is 14.7. The zero-order valence-corrected chi connectivity index (χ0v) is 11.7. The van der Waals surface area contributed by atoms with Crippen molar-refractivity contribution < 1.29 is 4.39 Å². The molecule has 0 atom stereocenters. The molecule has 0 fully saturated rings. The van der Waals surface area contributed by atoms with E-state index in [9.17, 15) is 4.39 Å². The molecule has 2 aromatic carbocycles. The Morgan fingerprint density at radius 3 is 2.65 bits per heavy atom. The second-order valence-electron chi connectivity index (χ2n) is 4.92. The van der Waals surface area contributed by atoms with Crippen LogP contribution in [-0.2, 0) is 6.54 Å². The van der Waals surface area contributed by atoms with Gasteiger partial charge in [0, 0.05) is 24.8 Å². The molecule has 0 aliphatic heterocycles. The summed E-state index contributed by atoms with van der Waals surface area (Å²) in [7, 11) is 1.91. The van der Waals surface area contributed by atoms with Crippen molar-refractivity contribution in [2.45, 2.75) is 13.5 Å². The van der Waals surface area contributed by atoms with E-state index in [1.54, 1.807) is 6.07 Å². The molecule has 0 saturated carbocycles. The first-order valence-corrected chi connectivity index (χ1v) is 6.38. The molecule has 4 heteroatoms. The summed E-state index contributed by atoms with van der Waals surface area (Å²) in [6, 6.07) is 12.3. The van der Waals surface area contributed by atoms with Crippen LogP contribution in [0.15, 0.2) is 42.5 Å². The van der Waals surface area contributed by atoms with Crippen LogP contribution in [0, 0.1) is 18.2 Å². The van der Waals surface area contributed by atoms with Crippen molar-refractivity contribution in [2.24, 2.45) is 5.73 Å². The first kappa shape index (κ1) is 14.1. The van der Waals surface area contributed by atoms with Crippen LogP contribution in [0.4, 0.5) is 10.1 Å². The largest absolute Gasteiger partial charge is 0.384 e. The number of nitrogens with zero attached hydrogens (tertiary/aromatic N) is 1. The molecular formula is C16H18FN3. The highest BCUT2D eigenvalue weighted by Gasteiger charge is 2.10. The molecule has 3 nitrogen and oxygen atoms in total. The van der Waals surface area contributed by atoms with Gasteiger partial charge in [-0.3, -0.25) is 5.41 Å². The number of halogens is 1. The molecular weight excluding hydrogens is 253 g/mol. The van der Waals surface area contributed by atoms with Gasteiger partial charge in [0.15, 0.2) is 0 Å². The Morgan fingerprint density at radius 1 is 1.25 bits per heavy atom. The molecule has 104 valence electrons. The minimum Gasteiger partial charge on any atom is -0.384 e. The predicted octanol–water partition coefficient (Wildman–Crippen LogP) is 3.05. The lowest BCUT2D eigenvalue weighted by Gasteiger charge is -2.23. The molecule has 20 heavy (non-hydrogen) atoms. The van der Waals surface area contributed by atoms with Gasteiger partial charge < -0.3 is 10.6 Å². The monoisotopic (exact) mass is 271 g/mol. The van der Waals surface area contributed by atoms with Crippen LogP contribution in [0.3, 0.4) is 0 Å². The summed E-state index contributed by atoms with van der Waals surface area (Å²) in [5.74, 6) is -0.210. The van der Waals surface area contributed by atoms with E-state index in [2.05, 4.69) is 0 Å². The summed E-state index contributed by atoms with van der Waals surface area (Å²) in [4.78, 5) is 1.97. The normalized spacial score (nSPS) is 10.3. The van der Waals surface area contributed by atoms with E-state index in [1.807, 2.05) is 43.1 Å². The van der Waals surface area contributed by atoms with Crippen LogP contribution < -0.4 is 10.6 Å². The number of anilines is 1. The van der Waals surface area contributed by atoms with Crippen molar-refractivity contribution in [2.75, 3.05) is 11.9 Å². The van der Waals surface area contributed by atoms with E-state index < -0.39 is 0 Å². The number of nitrogens with two attached hydrogens (primary N) is 1. The zero-order valence-electron chi connectivity index (χ0n) is 11.7. The van der Waals surface area contributed by atoms with Gasteiger partial charge in [0.05, 0.1) is 0 Å². The van der Waals surface area contributed by atoms with E-state index >= 15 is 0 Å². The summed E-state index contributed by atoms with van der Waals surface area (Å²) >= 11 is 0. The van der Waals surface area contributed by atoms with Crippen molar-refractivity contribution in [3.8, 4) is 0 Å². The maximum Gasteiger partial charge on any atom is 0.124 e. The summed E-state index contributed by atoms with van der Waals surface area (Å²) < 4.78 is 13.2. The highest BCUT2D eigenvalue weighted by molar-refractivity contribution is 6.00. The van der Waals surface area contributed by atoms with E-state index in [1.165, 1.54) is 12.1 Å². The molecule has 0 saturated heterocycles. The first-order valence-electron chi connectivity index (χ1n) is 6.38. The molecule has 0 aliphatic rings. The lowest BCUT2D eigenvalue weighted by Crippen LogP contribution is -2.22. The third-order valence-electron chi connectivity index (χ3n) is 3.16. The molecule has 0 spiro atoms. The molecule has 0 bridgehead atoms. The molecule has 0 aromatic heterocycles. The Hall–Kier alpha value is -2.36. The van der Waals surface area contributed by atoms with Crippen molar-refractivity contribution in [3.05, 3.63) is 65.0 Å². The lowest BCUT2D eigenvalue weighted by atomic mass is 10.1. The maximum atomic E-state index is 13.2. The van der Waals surface area contributed by atoms with Gasteiger partial charge in [0.25, 0.3) is 0 Å². The third-order valence-corrected chi connectivity index (χ3v) is 3.16. The van der Waals surface area contributed by atoms with Crippen LogP contribution in [0.2, 0.25) is 0 Å². The highest BCUT2D eigenvalue weighted by atomic mass is 19.1. The van der Waals surface area contributed by atoms with Crippen LogP contribution in [0.5, 0.6) is 0 Å². The van der Waals surface area contributed by atoms with Crippen LogP contribution in [0.1, 0.15) is 16.7 Å². The van der Waals surface area contributed by atoms with Crippen LogP contribution in [0.25, 0.3) is 0 Å². The number of aryl methyl sites for hydroxylation is 1. The fourth-order valence-corrected chi connectivity index (χ4v) is 2.18. The van der Waals surface area contributed by atoms with Gasteiger partial charge in [-0.15, -0.1) is 0 Å². The summed E-state index contributed by atoms with van der Waals surface area (Å²) in [5, 5.41) is 7.64. The molecule has 0 radical (unpaired) electrons. The average molecular weight is 271 g/mol. The molecule has 3 N–H and O–H groups in total. The Labute approximate surface area is 118 Å². The quantitative estimate of drug-likeness (QED) is 0.663. The molecule has 2 aromatic rings. The number of rotatable bonds is 4. The number of benzene rings is 2. The fraction of sp³-hybridized carbons (Fsp3) is 0.188. The van der Waals surface area contributed by atoms with Gasteiger partial charge in [0.2, 0.25) is 0 Å². The Bertz CT molecular complexity index is 637. The number of hydrogen-bond donors (Lipinski definition) is 2. The number of nitrogens with one attached hydrogen (secondary N) is 1. The minimum absolute atomic E-state index is 0.0334. The van der Waals surface area contributed by atoms with E-state index in [0.29, 0.717) is 12.1 Å². The number of amidine groups is 1. The lowest BCUT2D eigenvalue weighted by molar-refractivity contribution is 0.625. The van der Waals surface area contributed by atoms with Gasteiger partial charge in [-0.05, 0) is 42.3 Å². The Balaban J connectivity index is 2.31. The third kappa shape index (κ3) is 3.15. The van der Waals surface area contributed by atoms with Crippen molar-refractivity contribution in [1.82, 2.24) is 0 Å². The van der Waals surface area contributed by atoms with Gasteiger partial charge in [-0.25, -0.2) is 4.39 Å². The molecule has 0 amide bonds. The number of nitrogen functional groups attached to an aromatic ring is 1. The first-order chi connectivity index (χ1) is 9.47. The smallest absolute Gasteiger partial charge is 0.124 e. The van der Waals surface area contributed by atoms with Crippen LogP contribution in [-0.4, -0.2) is 12.9 Å². The molecule has 0 unspecified atom stereocenters. The predicted molar refractivity (Wildman–Crippen MR) is 80.7 cm³/mol. The van der Waals surface area contributed by atoms with Gasteiger partial charge >= 0.3 is 0 Å². The van der Waals surface area contributed by atoms with Crippen molar-refractivity contribution >= 4 is 11.5 Å². The Kier molecular flexibility index (Phi) is 4.03. The molecule has 0 heterocycles. The minimum atomic E-state index is -0.244. The van der Waals surface area contributed by atoms with E-state index in [0.717, 1.165) is 16.8 Å². The van der Waals surface area contributed by atoms with Gasteiger partial charge in [-0.1, -0.05) is 18.2 Å². The number of hydrogen-bond acceptors (Lipinski definition) is 2. The Morgan fingerprint density at radius 2 is 2.00 bits per heavy atom. The van der Waals surface area contributed by atoms with Crippen molar-refractivity contribution in [3.63, 3.8) is 0 Å². The highest BCUT2D eigenvalue weighted by Crippen LogP contribution is 2.22. The average Bonchev–Trinajstić information content (AvgIpc) is 2.38. The summed E-state index contributed by atoms with van der Waals surface area (Å²) in [6.45, 7) is 2.55. The maximum absolute atomic E-state index is 13.2. The standard InChI is InChI=1S/C16H18FN3/c1-11-6-7-14(16(18)19)15(8-11)20(2)10-12-4-3-5-13(17)9-12/h3-9H,10H2,1-2H3,(H3,18,19). The van der Waals surface area contributed by atoms with Gasteiger partial charge in [-0.2, -0.15) is 0 Å². The summed E-state index contributed by atoms with van der Waals surface area (Å²) in [6.07, 6.45) is 0. The van der Waals surface area contributed by atoms with E-state index in [4.69, 9.17) is 11.1 Å².